The standard InChI is InChI=1S/C24H29N3O5S/c1-3-20(18-8-6-5-7-9-18)24(28)32-17-23-25-21-16-19(10-11-22(21)27(23)4-2)33(29,30)26-12-14-31-15-13-26/h5-11,16,20H,3-4,12-15,17H2,1-2H3. The maximum atomic E-state index is 13.0. The van der Waals surface area contributed by atoms with Crippen molar-refractivity contribution >= 4 is 27.0 Å². The highest BCUT2D eigenvalue weighted by atomic mass is 32.2. The van der Waals surface area contributed by atoms with Crippen molar-refractivity contribution in [2.24, 2.45) is 0 Å². The maximum absolute atomic E-state index is 13.0. The highest BCUT2D eigenvalue weighted by Gasteiger charge is 2.27. The third kappa shape index (κ3) is 4.80. The molecule has 1 saturated heterocycles. The van der Waals surface area contributed by atoms with Crippen LogP contribution in [0.15, 0.2) is 53.4 Å². The molecule has 1 aromatic heterocycles. The number of hydrogen-bond donors (Lipinski definition) is 0. The minimum Gasteiger partial charge on any atom is -0.457 e. The summed E-state index contributed by atoms with van der Waals surface area (Å²) in [5.41, 5.74) is 2.29. The van der Waals surface area contributed by atoms with Crippen LogP contribution in [0.3, 0.4) is 0 Å². The first-order valence-electron chi connectivity index (χ1n) is 11.2. The summed E-state index contributed by atoms with van der Waals surface area (Å²) in [7, 11) is -3.62. The number of imidazole rings is 1. The Labute approximate surface area is 194 Å². The molecule has 0 radical (unpaired) electrons. The lowest BCUT2D eigenvalue weighted by molar-refractivity contribution is -0.147. The number of esters is 1. The van der Waals surface area contributed by atoms with Gasteiger partial charge in [0, 0.05) is 19.6 Å². The number of morpholine rings is 1. The summed E-state index contributed by atoms with van der Waals surface area (Å²) in [6.07, 6.45) is 0.635. The molecular weight excluding hydrogens is 442 g/mol. The number of aryl methyl sites for hydroxylation is 1. The zero-order valence-corrected chi connectivity index (χ0v) is 19.8. The molecule has 176 valence electrons. The lowest BCUT2D eigenvalue weighted by Crippen LogP contribution is -2.40. The van der Waals surface area contributed by atoms with E-state index in [1.807, 2.05) is 48.7 Å². The average molecular weight is 472 g/mol. The van der Waals surface area contributed by atoms with Gasteiger partial charge in [-0.25, -0.2) is 13.4 Å². The normalized spacial score (nSPS) is 16.1. The van der Waals surface area contributed by atoms with Crippen LogP contribution < -0.4 is 0 Å². The van der Waals surface area contributed by atoms with Gasteiger partial charge in [-0.3, -0.25) is 4.79 Å². The number of benzene rings is 2. The first kappa shape index (κ1) is 23.4. The Bertz CT molecular complexity index is 1220. The maximum Gasteiger partial charge on any atom is 0.313 e. The van der Waals surface area contributed by atoms with Crippen molar-refractivity contribution in [3.63, 3.8) is 0 Å². The smallest absolute Gasteiger partial charge is 0.313 e. The SMILES string of the molecule is CCC(C(=O)OCc1nc2cc(S(=O)(=O)N3CCOCC3)ccc2n1CC)c1ccccc1. The van der Waals surface area contributed by atoms with Gasteiger partial charge in [0.05, 0.1) is 35.1 Å². The molecule has 0 spiro atoms. The van der Waals surface area contributed by atoms with Gasteiger partial charge in [-0.05, 0) is 37.1 Å². The molecule has 9 heteroatoms. The lowest BCUT2D eigenvalue weighted by atomic mass is 9.97. The molecule has 2 heterocycles. The van der Waals surface area contributed by atoms with Crippen molar-refractivity contribution in [3.8, 4) is 0 Å². The van der Waals surface area contributed by atoms with Crippen molar-refractivity contribution in [1.29, 1.82) is 0 Å². The number of hydrogen-bond acceptors (Lipinski definition) is 6. The van der Waals surface area contributed by atoms with Crippen molar-refractivity contribution in [3.05, 3.63) is 59.9 Å². The highest BCUT2D eigenvalue weighted by Crippen LogP contribution is 2.25. The van der Waals surface area contributed by atoms with Crippen molar-refractivity contribution < 1.29 is 22.7 Å². The number of rotatable bonds is 8. The molecule has 3 aromatic rings. The second-order valence-corrected chi connectivity index (χ2v) is 9.86. The van der Waals surface area contributed by atoms with Crippen LogP contribution in [0.4, 0.5) is 0 Å². The Morgan fingerprint density at radius 2 is 1.85 bits per heavy atom. The van der Waals surface area contributed by atoms with Gasteiger partial charge >= 0.3 is 5.97 Å². The van der Waals surface area contributed by atoms with Gasteiger partial charge in [0.1, 0.15) is 12.4 Å². The molecule has 2 aromatic carbocycles. The molecule has 0 saturated carbocycles. The van der Waals surface area contributed by atoms with Gasteiger partial charge in [0.2, 0.25) is 10.0 Å². The fourth-order valence-corrected chi connectivity index (χ4v) is 5.61. The van der Waals surface area contributed by atoms with Crippen LogP contribution in [-0.2, 0) is 37.4 Å². The Kier molecular flexibility index (Phi) is 7.11. The summed E-state index contributed by atoms with van der Waals surface area (Å²) in [6, 6.07) is 14.5. The second-order valence-electron chi connectivity index (χ2n) is 7.92. The topological polar surface area (TPSA) is 90.7 Å². The molecule has 4 rings (SSSR count). The van der Waals surface area contributed by atoms with E-state index in [4.69, 9.17) is 9.47 Å². The van der Waals surface area contributed by atoms with E-state index in [0.29, 0.717) is 50.6 Å². The number of fused-ring (bicyclic) bond motifs is 1. The van der Waals surface area contributed by atoms with E-state index in [1.165, 1.54) is 4.31 Å². The van der Waals surface area contributed by atoms with Crippen LogP contribution >= 0.6 is 0 Å². The van der Waals surface area contributed by atoms with Crippen LogP contribution in [0, 0.1) is 0 Å². The zero-order valence-electron chi connectivity index (χ0n) is 18.9. The summed E-state index contributed by atoms with van der Waals surface area (Å²) in [4.78, 5) is 17.6. The largest absolute Gasteiger partial charge is 0.457 e. The summed E-state index contributed by atoms with van der Waals surface area (Å²) in [5.74, 6) is -0.0467. The summed E-state index contributed by atoms with van der Waals surface area (Å²) >= 11 is 0. The lowest BCUT2D eigenvalue weighted by Gasteiger charge is -2.26. The van der Waals surface area contributed by atoms with Crippen molar-refractivity contribution in [1.82, 2.24) is 13.9 Å². The first-order chi connectivity index (χ1) is 16.0. The monoisotopic (exact) mass is 471 g/mol. The number of ether oxygens (including phenoxy) is 2. The molecule has 0 amide bonds. The van der Waals surface area contributed by atoms with Gasteiger partial charge in [0.25, 0.3) is 0 Å². The Balaban J connectivity index is 1.56. The molecule has 8 nitrogen and oxygen atoms in total. The Hall–Kier alpha value is -2.75. The summed E-state index contributed by atoms with van der Waals surface area (Å²) < 4.78 is 40.3. The molecule has 0 bridgehead atoms. The molecule has 1 unspecified atom stereocenters. The van der Waals surface area contributed by atoms with Gasteiger partial charge < -0.3 is 14.0 Å². The zero-order chi connectivity index (χ0) is 23.4. The molecule has 33 heavy (non-hydrogen) atoms. The third-order valence-electron chi connectivity index (χ3n) is 5.96. The number of carbonyl (C=O) groups is 1. The van der Waals surface area contributed by atoms with E-state index in [2.05, 4.69) is 4.98 Å². The molecule has 1 aliphatic heterocycles. The highest BCUT2D eigenvalue weighted by molar-refractivity contribution is 7.89. The van der Waals surface area contributed by atoms with E-state index in [0.717, 1.165) is 11.1 Å². The van der Waals surface area contributed by atoms with Crippen LogP contribution in [0.25, 0.3) is 11.0 Å². The van der Waals surface area contributed by atoms with Crippen LogP contribution in [0.1, 0.15) is 37.6 Å². The van der Waals surface area contributed by atoms with Gasteiger partial charge in [-0.1, -0.05) is 37.3 Å². The van der Waals surface area contributed by atoms with Crippen molar-refractivity contribution in [2.75, 3.05) is 26.3 Å². The molecule has 0 N–H and O–H groups in total. The summed E-state index contributed by atoms with van der Waals surface area (Å²) in [6.45, 7) is 6.04. The van der Waals surface area contributed by atoms with E-state index in [1.54, 1.807) is 18.2 Å². The first-order valence-corrected chi connectivity index (χ1v) is 12.7. The predicted octanol–water partition coefficient (Wildman–Crippen LogP) is 3.31. The Morgan fingerprint density at radius 1 is 1.12 bits per heavy atom. The van der Waals surface area contributed by atoms with Crippen LogP contribution in [0.2, 0.25) is 0 Å². The predicted molar refractivity (Wildman–Crippen MR) is 124 cm³/mol. The fraction of sp³-hybridized carbons (Fsp3) is 0.417. The number of aromatic nitrogens is 2. The van der Waals surface area contributed by atoms with Gasteiger partial charge in [-0.15, -0.1) is 0 Å². The minimum absolute atomic E-state index is 0.0240. The molecule has 1 atom stereocenters. The van der Waals surface area contributed by atoms with Gasteiger partial charge in [-0.2, -0.15) is 4.31 Å². The Morgan fingerprint density at radius 3 is 2.52 bits per heavy atom. The summed E-state index contributed by atoms with van der Waals surface area (Å²) in [5, 5.41) is 0. The van der Waals surface area contributed by atoms with E-state index < -0.39 is 10.0 Å². The molecule has 0 aliphatic carbocycles. The van der Waals surface area contributed by atoms with E-state index >= 15 is 0 Å². The number of nitrogens with zero attached hydrogens (tertiary/aromatic N) is 3. The van der Waals surface area contributed by atoms with Crippen molar-refractivity contribution in [2.45, 2.75) is 44.2 Å². The molecular formula is C24H29N3O5S. The fourth-order valence-electron chi connectivity index (χ4n) is 4.18. The van der Waals surface area contributed by atoms with Gasteiger partial charge in [0.15, 0.2) is 0 Å². The number of sulfonamides is 1. The van der Waals surface area contributed by atoms with Crippen LogP contribution in [0.5, 0.6) is 0 Å². The quantitative estimate of drug-likeness (QED) is 0.468. The van der Waals surface area contributed by atoms with Crippen LogP contribution in [-0.4, -0.2) is 54.5 Å². The van der Waals surface area contributed by atoms with E-state index in [9.17, 15) is 13.2 Å². The molecule has 1 fully saturated rings. The minimum atomic E-state index is -3.62. The second kappa shape index (κ2) is 10.0. The van der Waals surface area contributed by atoms with E-state index in [-0.39, 0.29) is 23.4 Å². The third-order valence-corrected chi connectivity index (χ3v) is 7.86. The number of carbonyl (C=O) groups excluding carboxylic acids is 1. The average Bonchev–Trinajstić information content (AvgIpc) is 3.21. The molecule has 1 aliphatic rings.